The summed E-state index contributed by atoms with van der Waals surface area (Å²) < 4.78 is 5.00. The van der Waals surface area contributed by atoms with Gasteiger partial charge in [-0.2, -0.15) is 0 Å². The molecule has 24 heavy (non-hydrogen) atoms. The van der Waals surface area contributed by atoms with Crippen LogP contribution in [0.3, 0.4) is 0 Å². The maximum absolute atomic E-state index is 12.3. The average Bonchev–Trinajstić information content (AvgIpc) is 3.08. The molecule has 0 aromatic carbocycles. The zero-order valence-electron chi connectivity index (χ0n) is 13.6. The van der Waals surface area contributed by atoms with E-state index in [0.717, 1.165) is 25.7 Å². The maximum atomic E-state index is 12.3. The molecule has 1 aromatic heterocycles. The number of nitrogens with one attached hydrogen (secondary N) is 2. The minimum absolute atomic E-state index is 0.0179. The zero-order valence-corrected chi connectivity index (χ0v) is 13.6. The van der Waals surface area contributed by atoms with Crippen molar-refractivity contribution in [2.24, 2.45) is 0 Å². The molecule has 0 spiro atoms. The van der Waals surface area contributed by atoms with Gasteiger partial charge in [0.2, 0.25) is 11.8 Å². The van der Waals surface area contributed by atoms with Gasteiger partial charge in [-0.3, -0.25) is 14.4 Å². The molecule has 0 bridgehead atoms. The topological polar surface area (TPSA) is 91.7 Å². The largest absolute Gasteiger partial charge is 0.459 e. The maximum Gasteiger partial charge on any atom is 0.286 e. The molecule has 1 saturated heterocycles. The summed E-state index contributed by atoms with van der Waals surface area (Å²) in [5.74, 6) is -0.0573. The lowest BCUT2D eigenvalue weighted by Crippen LogP contribution is -2.46. The smallest absolute Gasteiger partial charge is 0.286 e. The van der Waals surface area contributed by atoms with Gasteiger partial charge in [0.1, 0.15) is 6.04 Å². The molecule has 2 heterocycles. The van der Waals surface area contributed by atoms with Crippen LogP contribution < -0.4 is 10.6 Å². The molecule has 1 unspecified atom stereocenters. The molecule has 2 N–H and O–H groups in total. The highest BCUT2D eigenvalue weighted by molar-refractivity contribution is 5.91. The van der Waals surface area contributed by atoms with Crippen LogP contribution in [0.15, 0.2) is 22.8 Å². The van der Waals surface area contributed by atoms with Crippen molar-refractivity contribution in [3.63, 3.8) is 0 Å². The van der Waals surface area contributed by atoms with Crippen LogP contribution in [0, 0.1) is 0 Å². The number of furan rings is 1. The summed E-state index contributed by atoms with van der Waals surface area (Å²) in [6.45, 7) is 1.04. The quantitative estimate of drug-likeness (QED) is 0.730. The summed E-state index contributed by atoms with van der Waals surface area (Å²) in [6.07, 6.45) is 6.00. The number of hydrogen-bond donors (Lipinski definition) is 2. The van der Waals surface area contributed by atoms with Gasteiger partial charge in [-0.1, -0.05) is 0 Å². The van der Waals surface area contributed by atoms with Crippen molar-refractivity contribution in [3.05, 3.63) is 24.2 Å². The molecule has 1 atom stereocenters. The van der Waals surface area contributed by atoms with Gasteiger partial charge in [0.25, 0.3) is 5.91 Å². The molecule has 3 amide bonds. The molecule has 2 aliphatic rings. The third-order valence-electron chi connectivity index (χ3n) is 4.40. The third kappa shape index (κ3) is 4.15. The van der Waals surface area contributed by atoms with E-state index in [1.165, 1.54) is 6.26 Å². The van der Waals surface area contributed by atoms with Gasteiger partial charge in [0, 0.05) is 25.6 Å². The predicted molar refractivity (Wildman–Crippen MR) is 86.2 cm³/mol. The van der Waals surface area contributed by atoms with Crippen LogP contribution in [-0.4, -0.2) is 47.8 Å². The average molecular weight is 333 g/mol. The van der Waals surface area contributed by atoms with E-state index in [1.807, 2.05) is 0 Å². The molecule has 1 aliphatic carbocycles. The van der Waals surface area contributed by atoms with Gasteiger partial charge in [-0.15, -0.1) is 0 Å². The molecule has 7 nitrogen and oxygen atoms in total. The Hall–Kier alpha value is -2.31. The van der Waals surface area contributed by atoms with Gasteiger partial charge < -0.3 is 20.0 Å². The van der Waals surface area contributed by atoms with E-state index in [2.05, 4.69) is 10.6 Å². The highest BCUT2D eigenvalue weighted by atomic mass is 16.3. The van der Waals surface area contributed by atoms with Gasteiger partial charge in [0.05, 0.1) is 6.26 Å². The molecule has 7 heteroatoms. The van der Waals surface area contributed by atoms with Crippen molar-refractivity contribution in [3.8, 4) is 0 Å². The van der Waals surface area contributed by atoms with Crippen molar-refractivity contribution in [2.45, 2.75) is 50.6 Å². The first kappa shape index (κ1) is 16.5. The highest BCUT2D eigenvalue weighted by Crippen LogP contribution is 2.23. The molecule has 2 fully saturated rings. The van der Waals surface area contributed by atoms with Crippen LogP contribution in [0.2, 0.25) is 0 Å². The third-order valence-corrected chi connectivity index (χ3v) is 4.40. The van der Waals surface area contributed by atoms with Crippen LogP contribution in [0.1, 0.15) is 49.1 Å². The van der Waals surface area contributed by atoms with E-state index in [-0.39, 0.29) is 29.5 Å². The van der Waals surface area contributed by atoms with E-state index < -0.39 is 0 Å². The van der Waals surface area contributed by atoms with Crippen molar-refractivity contribution in [1.82, 2.24) is 15.5 Å². The normalized spacial score (nSPS) is 20.0. The summed E-state index contributed by atoms with van der Waals surface area (Å²) in [7, 11) is 0. The predicted octanol–water partition coefficient (Wildman–Crippen LogP) is 1.06. The fourth-order valence-corrected chi connectivity index (χ4v) is 2.94. The number of amides is 3. The van der Waals surface area contributed by atoms with Crippen LogP contribution >= 0.6 is 0 Å². The van der Waals surface area contributed by atoms with E-state index in [0.29, 0.717) is 32.0 Å². The van der Waals surface area contributed by atoms with Gasteiger partial charge >= 0.3 is 0 Å². The number of rotatable bonds is 7. The Labute approximate surface area is 140 Å². The zero-order chi connectivity index (χ0) is 16.9. The van der Waals surface area contributed by atoms with E-state index in [1.54, 1.807) is 17.0 Å². The van der Waals surface area contributed by atoms with Gasteiger partial charge in [0.15, 0.2) is 5.76 Å². The molecular weight excluding hydrogens is 310 g/mol. The lowest BCUT2D eigenvalue weighted by Gasteiger charge is -2.24. The SMILES string of the molecule is O=C(NCCCC(=O)N1CCCC1C(=O)NC1CC1)c1ccco1. The Balaban J connectivity index is 1.39. The number of carbonyl (C=O) groups excluding carboxylic acids is 3. The summed E-state index contributed by atoms with van der Waals surface area (Å²) in [4.78, 5) is 37.9. The highest BCUT2D eigenvalue weighted by Gasteiger charge is 2.36. The van der Waals surface area contributed by atoms with E-state index >= 15 is 0 Å². The molecule has 1 saturated carbocycles. The number of likely N-dealkylation sites (tertiary alicyclic amines) is 1. The standard InChI is InChI=1S/C17H23N3O4/c21-15(6-1-9-18-17(23)14-5-3-11-24-14)20-10-2-4-13(20)16(22)19-12-7-8-12/h3,5,11-13H,1-2,4,6-10H2,(H,18,23)(H,19,22). The first-order valence-corrected chi connectivity index (χ1v) is 8.56. The van der Waals surface area contributed by atoms with Crippen molar-refractivity contribution in [2.75, 3.05) is 13.1 Å². The summed E-state index contributed by atoms with van der Waals surface area (Å²) in [5, 5.41) is 5.69. The van der Waals surface area contributed by atoms with Crippen molar-refractivity contribution in [1.29, 1.82) is 0 Å². The Morgan fingerprint density at radius 1 is 1.25 bits per heavy atom. The van der Waals surface area contributed by atoms with Crippen molar-refractivity contribution < 1.29 is 18.8 Å². The monoisotopic (exact) mass is 333 g/mol. The number of hydrogen-bond acceptors (Lipinski definition) is 4. The molecule has 3 rings (SSSR count). The minimum Gasteiger partial charge on any atom is -0.459 e. The molecule has 0 radical (unpaired) electrons. The first-order chi connectivity index (χ1) is 11.6. The lowest BCUT2D eigenvalue weighted by molar-refractivity contribution is -0.138. The first-order valence-electron chi connectivity index (χ1n) is 8.56. The fourth-order valence-electron chi connectivity index (χ4n) is 2.94. The van der Waals surface area contributed by atoms with Crippen LogP contribution in [0.4, 0.5) is 0 Å². The van der Waals surface area contributed by atoms with Crippen LogP contribution in [0.25, 0.3) is 0 Å². The lowest BCUT2D eigenvalue weighted by atomic mass is 10.2. The van der Waals surface area contributed by atoms with E-state index in [9.17, 15) is 14.4 Å². The van der Waals surface area contributed by atoms with Crippen molar-refractivity contribution >= 4 is 17.7 Å². The van der Waals surface area contributed by atoms with E-state index in [4.69, 9.17) is 4.42 Å². The molecule has 1 aliphatic heterocycles. The van der Waals surface area contributed by atoms with Crippen LogP contribution in [0.5, 0.6) is 0 Å². The Morgan fingerprint density at radius 3 is 2.79 bits per heavy atom. The van der Waals surface area contributed by atoms with Gasteiger partial charge in [-0.05, 0) is 44.2 Å². The Kier molecular flexibility index (Phi) is 5.17. The summed E-state index contributed by atoms with van der Waals surface area (Å²) in [6, 6.07) is 3.23. The Morgan fingerprint density at radius 2 is 2.08 bits per heavy atom. The van der Waals surface area contributed by atoms with Gasteiger partial charge in [-0.25, -0.2) is 0 Å². The fraction of sp³-hybridized carbons (Fsp3) is 0.588. The molecular formula is C17H23N3O4. The summed E-state index contributed by atoms with van der Waals surface area (Å²) in [5.41, 5.74) is 0. The van der Waals surface area contributed by atoms with Crippen LogP contribution in [-0.2, 0) is 9.59 Å². The second kappa shape index (κ2) is 7.51. The number of carbonyl (C=O) groups is 3. The molecule has 130 valence electrons. The Bertz CT molecular complexity index is 595. The minimum atomic E-state index is -0.323. The molecule has 1 aromatic rings. The second-order valence-electron chi connectivity index (χ2n) is 6.36. The number of nitrogens with zero attached hydrogens (tertiary/aromatic N) is 1. The summed E-state index contributed by atoms with van der Waals surface area (Å²) >= 11 is 0. The second-order valence-corrected chi connectivity index (χ2v) is 6.36.